The van der Waals surface area contributed by atoms with Crippen LogP contribution in [0.2, 0.25) is 0 Å². The Morgan fingerprint density at radius 2 is 2.11 bits per heavy atom. The van der Waals surface area contributed by atoms with Gasteiger partial charge in [0.15, 0.2) is 17.3 Å². The van der Waals surface area contributed by atoms with Gasteiger partial charge in [0.1, 0.15) is 0 Å². The Morgan fingerprint density at radius 1 is 1.33 bits per heavy atom. The first-order chi connectivity index (χ1) is 8.60. The van der Waals surface area contributed by atoms with Crippen molar-refractivity contribution in [3.63, 3.8) is 0 Å². The highest BCUT2D eigenvalue weighted by molar-refractivity contribution is 7.14. The number of rotatable bonds is 4. The maximum Gasteiger partial charge on any atom is 0.177 e. The van der Waals surface area contributed by atoms with E-state index in [9.17, 15) is 9.18 Å². The molecule has 1 aromatic carbocycles. The van der Waals surface area contributed by atoms with Gasteiger partial charge in [-0.25, -0.2) is 4.39 Å². The van der Waals surface area contributed by atoms with Gasteiger partial charge in [-0.2, -0.15) is 0 Å². The van der Waals surface area contributed by atoms with E-state index in [1.54, 1.807) is 6.07 Å². The lowest BCUT2D eigenvalue weighted by Crippen LogP contribution is -2.01. The van der Waals surface area contributed by atoms with Gasteiger partial charge in [0.25, 0.3) is 0 Å². The summed E-state index contributed by atoms with van der Waals surface area (Å²) in [6.07, 6.45) is 0.209. The molecule has 1 heterocycles. The van der Waals surface area contributed by atoms with Gasteiger partial charge in [-0.15, -0.1) is 11.3 Å². The lowest BCUT2D eigenvalue weighted by atomic mass is 10.1. The summed E-state index contributed by atoms with van der Waals surface area (Å²) in [7, 11) is 1.41. The number of ether oxygens (including phenoxy) is 1. The fourth-order valence-corrected chi connectivity index (χ4v) is 2.48. The summed E-state index contributed by atoms with van der Waals surface area (Å²) in [6.45, 7) is 1.95. The van der Waals surface area contributed by atoms with Crippen molar-refractivity contribution >= 4 is 17.1 Å². The van der Waals surface area contributed by atoms with Crippen LogP contribution >= 0.6 is 11.3 Å². The highest BCUT2D eigenvalue weighted by atomic mass is 32.1. The standard InChI is InChI=1S/C14H13FO2S/c1-9-3-6-14(18-9)12(16)8-10-4-5-13(17-2)11(15)7-10/h3-7H,8H2,1-2H3. The number of hydrogen-bond acceptors (Lipinski definition) is 3. The first kappa shape index (κ1) is 12.8. The molecule has 2 nitrogen and oxygen atoms in total. The first-order valence-corrected chi connectivity index (χ1v) is 6.34. The molecule has 94 valence electrons. The van der Waals surface area contributed by atoms with Crippen molar-refractivity contribution in [2.75, 3.05) is 7.11 Å². The van der Waals surface area contributed by atoms with Crippen molar-refractivity contribution in [3.8, 4) is 5.75 Å². The Kier molecular flexibility index (Phi) is 3.77. The molecule has 0 saturated heterocycles. The molecule has 0 atom stereocenters. The van der Waals surface area contributed by atoms with Crippen molar-refractivity contribution in [2.45, 2.75) is 13.3 Å². The predicted octanol–water partition coefficient (Wildman–Crippen LogP) is 3.63. The Morgan fingerprint density at radius 3 is 2.67 bits per heavy atom. The van der Waals surface area contributed by atoms with Gasteiger partial charge in [-0.3, -0.25) is 4.79 Å². The lowest BCUT2D eigenvalue weighted by molar-refractivity contribution is 0.0997. The van der Waals surface area contributed by atoms with Crippen LogP contribution in [-0.4, -0.2) is 12.9 Å². The average molecular weight is 264 g/mol. The molecule has 0 N–H and O–H groups in total. The third kappa shape index (κ3) is 2.76. The van der Waals surface area contributed by atoms with E-state index in [-0.39, 0.29) is 18.0 Å². The molecule has 0 amide bonds. The minimum absolute atomic E-state index is 0.0117. The Bertz CT molecular complexity index is 575. The molecule has 0 radical (unpaired) electrons. The van der Waals surface area contributed by atoms with E-state index in [4.69, 9.17) is 4.74 Å². The van der Waals surface area contributed by atoms with Crippen molar-refractivity contribution in [2.24, 2.45) is 0 Å². The minimum atomic E-state index is -0.440. The number of carbonyl (C=O) groups excluding carboxylic acids is 1. The van der Waals surface area contributed by atoms with E-state index in [1.807, 2.05) is 19.1 Å². The molecular weight excluding hydrogens is 251 g/mol. The molecular formula is C14H13FO2S. The Hall–Kier alpha value is -1.68. The molecule has 0 aliphatic carbocycles. The highest BCUT2D eigenvalue weighted by Gasteiger charge is 2.11. The van der Waals surface area contributed by atoms with Crippen LogP contribution in [0.5, 0.6) is 5.75 Å². The summed E-state index contributed by atoms with van der Waals surface area (Å²) in [6, 6.07) is 8.31. The van der Waals surface area contributed by atoms with E-state index >= 15 is 0 Å². The van der Waals surface area contributed by atoms with Crippen LogP contribution in [0, 0.1) is 12.7 Å². The van der Waals surface area contributed by atoms with E-state index in [1.165, 1.54) is 30.6 Å². The topological polar surface area (TPSA) is 26.3 Å². The van der Waals surface area contributed by atoms with Gasteiger partial charge >= 0.3 is 0 Å². The molecule has 0 saturated carbocycles. The predicted molar refractivity (Wildman–Crippen MR) is 70.0 cm³/mol. The van der Waals surface area contributed by atoms with Crippen LogP contribution in [0.4, 0.5) is 4.39 Å². The molecule has 0 bridgehead atoms. The number of halogens is 1. The molecule has 1 aromatic heterocycles. The molecule has 0 unspecified atom stereocenters. The molecule has 2 aromatic rings. The third-order valence-electron chi connectivity index (χ3n) is 2.60. The van der Waals surface area contributed by atoms with Crippen LogP contribution < -0.4 is 4.74 Å². The number of aryl methyl sites for hydroxylation is 1. The summed E-state index contributed by atoms with van der Waals surface area (Å²) in [5.41, 5.74) is 0.657. The number of thiophene rings is 1. The highest BCUT2D eigenvalue weighted by Crippen LogP contribution is 2.21. The smallest absolute Gasteiger partial charge is 0.177 e. The second kappa shape index (κ2) is 5.31. The maximum absolute atomic E-state index is 13.5. The third-order valence-corrected chi connectivity index (χ3v) is 3.64. The van der Waals surface area contributed by atoms with Crippen LogP contribution in [-0.2, 0) is 6.42 Å². The van der Waals surface area contributed by atoms with Crippen LogP contribution in [0.15, 0.2) is 30.3 Å². The van der Waals surface area contributed by atoms with E-state index in [0.29, 0.717) is 10.4 Å². The summed E-state index contributed by atoms with van der Waals surface area (Å²) in [4.78, 5) is 13.8. The summed E-state index contributed by atoms with van der Waals surface area (Å²) in [5.74, 6) is -0.235. The van der Waals surface area contributed by atoms with Crippen molar-refractivity contribution < 1.29 is 13.9 Å². The second-order valence-electron chi connectivity index (χ2n) is 3.98. The van der Waals surface area contributed by atoms with Crippen LogP contribution in [0.25, 0.3) is 0 Å². The fraction of sp³-hybridized carbons (Fsp3) is 0.214. The number of methoxy groups -OCH3 is 1. The zero-order valence-corrected chi connectivity index (χ0v) is 11.0. The van der Waals surface area contributed by atoms with Crippen LogP contribution in [0.1, 0.15) is 20.1 Å². The van der Waals surface area contributed by atoms with E-state index < -0.39 is 5.82 Å². The first-order valence-electron chi connectivity index (χ1n) is 5.52. The largest absolute Gasteiger partial charge is 0.494 e. The monoisotopic (exact) mass is 264 g/mol. The maximum atomic E-state index is 13.5. The molecule has 0 spiro atoms. The minimum Gasteiger partial charge on any atom is -0.494 e. The SMILES string of the molecule is COc1ccc(CC(=O)c2ccc(C)s2)cc1F. The van der Waals surface area contributed by atoms with Gasteiger partial charge in [0, 0.05) is 11.3 Å². The number of hydrogen-bond donors (Lipinski definition) is 0. The summed E-state index contributed by atoms with van der Waals surface area (Å²) < 4.78 is 18.3. The number of carbonyl (C=O) groups is 1. The molecule has 0 fully saturated rings. The normalized spacial score (nSPS) is 10.4. The van der Waals surface area contributed by atoms with Crippen LogP contribution in [0.3, 0.4) is 0 Å². The fourth-order valence-electron chi connectivity index (χ4n) is 1.68. The molecule has 0 aliphatic rings. The number of ketones is 1. The summed E-state index contributed by atoms with van der Waals surface area (Å²) in [5, 5.41) is 0. The van der Waals surface area contributed by atoms with Crippen molar-refractivity contribution in [1.82, 2.24) is 0 Å². The molecule has 18 heavy (non-hydrogen) atoms. The molecule has 4 heteroatoms. The van der Waals surface area contributed by atoms with Gasteiger partial charge in [0.2, 0.25) is 0 Å². The summed E-state index contributed by atoms with van der Waals surface area (Å²) >= 11 is 1.46. The van der Waals surface area contributed by atoms with Gasteiger partial charge < -0.3 is 4.74 Å². The average Bonchev–Trinajstić information content (AvgIpc) is 2.76. The van der Waals surface area contributed by atoms with Gasteiger partial charge in [0.05, 0.1) is 12.0 Å². The lowest BCUT2D eigenvalue weighted by Gasteiger charge is -2.04. The number of Topliss-reactive ketones (excluding diaryl/α,β-unsaturated/α-hetero) is 1. The quantitative estimate of drug-likeness (QED) is 0.788. The van der Waals surface area contributed by atoms with Gasteiger partial charge in [-0.05, 0) is 36.8 Å². The zero-order valence-electron chi connectivity index (χ0n) is 10.2. The Balaban J connectivity index is 2.14. The zero-order chi connectivity index (χ0) is 13.1. The van der Waals surface area contributed by atoms with Gasteiger partial charge in [-0.1, -0.05) is 6.07 Å². The second-order valence-corrected chi connectivity index (χ2v) is 5.27. The van der Waals surface area contributed by atoms with Crippen molar-refractivity contribution in [1.29, 1.82) is 0 Å². The van der Waals surface area contributed by atoms with E-state index in [0.717, 1.165) is 4.88 Å². The van der Waals surface area contributed by atoms with Crippen molar-refractivity contribution in [3.05, 3.63) is 51.5 Å². The molecule has 0 aliphatic heterocycles. The molecule has 2 rings (SSSR count). The van der Waals surface area contributed by atoms with E-state index in [2.05, 4.69) is 0 Å². The number of benzene rings is 1. The Labute approximate surface area is 109 Å².